The second-order valence-corrected chi connectivity index (χ2v) is 5.91. The molecule has 5 nitrogen and oxygen atoms in total. The molecule has 0 atom stereocenters. The van der Waals surface area contributed by atoms with Crippen LogP contribution in [0.25, 0.3) is 0 Å². The second-order valence-electron chi connectivity index (χ2n) is 5.91. The van der Waals surface area contributed by atoms with E-state index in [4.69, 9.17) is 0 Å². The number of halogens is 2. The summed E-state index contributed by atoms with van der Waals surface area (Å²) >= 11 is 0. The van der Waals surface area contributed by atoms with E-state index in [0.29, 0.717) is 24.5 Å². The van der Waals surface area contributed by atoms with E-state index in [1.165, 1.54) is 17.0 Å². The molecule has 0 spiro atoms. The van der Waals surface area contributed by atoms with Gasteiger partial charge in [0.25, 0.3) is 0 Å². The number of aryl methyl sites for hydroxylation is 1. The lowest BCUT2D eigenvalue weighted by molar-refractivity contribution is -0.131. The predicted molar refractivity (Wildman–Crippen MR) is 87.7 cm³/mol. The third-order valence-electron chi connectivity index (χ3n) is 4.13. The van der Waals surface area contributed by atoms with Gasteiger partial charge in [0.2, 0.25) is 5.91 Å². The molecule has 0 saturated carbocycles. The second kappa shape index (κ2) is 6.85. The summed E-state index contributed by atoms with van der Waals surface area (Å²) < 4.78 is 26.8. The number of rotatable bonds is 3. The Balaban J connectivity index is 1.74. The summed E-state index contributed by atoms with van der Waals surface area (Å²) in [5.41, 5.74) is 1.45. The Kier molecular flexibility index (Phi) is 4.61. The third-order valence-corrected chi connectivity index (χ3v) is 4.13. The van der Waals surface area contributed by atoms with Crippen LogP contribution in [0.2, 0.25) is 0 Å². The van der Waals surface area contributed by atoms with Gasteiger partial charge < -0.3 is 9.80 Å². The van der Waals surface area contributed by atoms with E-state index in [9.17, 15) is 18.8 Å². The molecular formula is C18H16F2N4O. The third kappa shape index (κ3) is 3.58. The summed E-state index contributed by atoms with van der Waals surface area (Å²) in [7, 11) is 0. The van der Waals surface area contributed by atoms with Gasteiger partial charge in [-0.1, -0.05) is 6.07 Å². The van der Waals surface area contributed by atoms with E-state index in [1.54, 1.807) is 17.0 Å². The van der Waals surface area contributed by atoms with Crippen molar-refractivity contribution in [3.63, 3.8) is 0 Å². The molecule has 1 saturated heterocycles. The minimum atomic E-state index is -0.664. The molecule has 1 aromatic heterocycles. The van der Waals surface area contributed by atoms with Gasteiger partial charge in [-0.05, 0) is 25.1 Å². The van der Waals surface area contributed by atoms with Crippen molar-refractivity contribution in [3.05, 3.63) is 58.8 Å². The molecule has 3 rings (SSSR count). The van der Waals surface area contributed by atoms with Crippen LogP contribution in [0.4, 0.5) is 14.6 Å². The van der Waals surface area contributed by atoms with Gasteiger partial charge in [-0.3, -0.25) is 4.79 Å². The number of pyridine rings is 1. The van der Waals surface area contributed by atoms with Gasteiger partial charge in [-0.15, -0.1) is 0 Å². The van der Waals surface area contributed by atoms with Crippen LogP contribution in [0.3, 0.4) is 0 Å². The molecule has 2 aromatic rings. The molecule has 0 N–H and O–H groups in total. The molecule has 0 unspecified atom stereocenters. The minimum absolute atomic E-state index is 0.0634. The van der Waals surface area contributed by atoms with Crippen molar-refractivity contribution in [2.45, 2.75) is 13.5 Å². The molecular weight excluding hydrogens is 326 g/mol. The van der Waals surface area contributed by atoms with E-state index >= 15 is 0 Å². The molecule has 2 heterocycles. The van der Waals surface area contributed by atoms with Gasteiger partial charge in [-0.2, -0.15) is 5.26 Å². The number of carbonyl (C=O) groups is 1. The standard InChI is InChI=1S/C18H16F2N4O/c1-12-2-3-13(9-21)18(22-12)24-7-6-23(17(25)11-24)10-14-4-5-15(19)8-16(14)20/h2-5,8H,6-7,10-11H2,1H3. The van der Waals surface area contributed by atoms with Crippen LogP contribution in [0, 0.1) is 29.9 Å². The number of nitriles is 1. The number of aromatic nitrogens is 1. The van der Waals surface area contributed by atoms with E-state index in [1.807, 2.05) is 6.92 Å². The smallest absolute Gasteiger partial charge is 0.242 e. The summed E-state index contributed by atoms with van der Waals surface area (Å²) in [6, 6.07) is 8.85. The fraction of sp³-hybridized carbons (Fsp3) is 0.278. The Labute approximate surface area is 144 Å². The lowest BCUT2D eigenvalue weighted by atomic mass is 10.1. The van der Waals surface area contributed by atoms with Crippen LogP contribution in [0.5, 0.6) is 0 Å². The largest absolute Gasteiger partial charge is 0.344 e. The van der Waals surface area contributed by atoms with Crippen LogP contribution in [-0.4, -0.2) is 35.4 Å². The van der Waals surface area contributed by atoms with Gasteiger partial charge in [0.1, 0.15) is 23.5 Å². The van der Waals surface area contributed by atoms with Crippen LogP contribution in [0.15, 0.2) is 30.3 Å². The van der Waals surface area contributed by atoms with Crippen molar-refractivity contribution in [1.82, 2.24) is 9.88 Å². The number of nitrogens with zero attached hydrogens (tertiary/aromatic N) is 4. The molecule has 1 fully saturated rings. The van der Waals surface area contributed by atoms with Crippen LogP contribution >= 0.6 is 0 Å². The summed E-state index contributed by atoms with van der Waals surface area (Å²) in [5, 5.41) is 9.22. The number of piperazine rings is 1. The fourth-order valence-electron chi connectivity index (χ4n) is 2.78. The van der Waals surface area contributed by atoms with Gasteiger partial charge in [0.15, 0.2) is 0 Å². The molecule has 1 aliphatic heterocycles. The summed E-state index contributed by atoms with van der Waals surface area (Å²) in [6.07, 6.45) is 0. The van der Waals surface area contributed by atoms with Gasteiger partial charge in [-0.25, -0.2) is 13.8 Å². The molecule has 1 aliphatic rings. The first-order chi connectivity index (χ1) is 12.0. The lowest BCUT2D eigenvalue weighted by Crippen LogP contribution is -2.50. The highest BCUT2D eigenvalue weighted by atomic mass is 19.1. The Hall–Kier alpha value is -3.01. The Morgan fingerprint density at radius 1 is 1.24 bits per heavy atom. The van der Waals surface area contributed by atoms with Crippen molar-refractivity contribution in [2.75, 3.05) is 24.5 Å². The summed E-state index contributed by atoms with van der Waals surface area (Å²) in [6.45, 7) is 2.83. The first-order valence-electron chi connectivity index (χ1n) is 7.82. The van der Waals surface area contributed by atoms with Gasteiger partial charge in [0.05, 0.1) is 12.1 Å². The van der Waals surface area contributed by atoms with Gasteiger partial charge in [0, 0.05) is 37.0 Å². The van der Waals surface area contributed by atoms with Crippen molar-refractivity contribution in [2.24, 2.45) is 0 Å². The SMILES string of the molecule is Cc1ccc(C#N)c(N2CCN(Cc3ccc(F)cc3F)C(=O)C2)n1. The van der Waals surface area contributed by atoms with Crippen LogP contribution < -0.4 is 4.90 Å². The molecule has 1 amide bonds. The van der Waals surface area contributed by atoms with Crippen molar-refractivity contribution in [3.8, 4) is 6.07 Å². The van der Waals surface area contributed by atoms with E-state index in [-0.39, 0.29) is 24.6 Å². The summed E-state index contributed by atoms with van der Waals surface area (Å²) in [5.74, 6) is -1.01. The Morgan fingerprint density at radius 3 is 2.72 bits per heavy atom. The fourth-order valence-corrected chi connectivity index (χ4v) is 2.78. The van der Waals surface area contributed by atoms with E-state index in [2.05, 4.69) is 11.1 Å². The zero-order valence-corrected chi connectivity index (χ0v) is 13.7. The molecule has 128 valence electrons. The number of hydrogen-bond donors (Lipinski definition) is 0. The highest BCUT2D eigenvalue weighted by Gasteiger charge is 2.27. The Morgan fingerprint density at radius 2 is 2.04 bits per heavy atom. The van der Waals surface area contributed by atoms with Crippen molar-refractivity contribution in [1.29, 1.82) is 5.26 Å². The zero-order chi connectivity index (χ0) is 18.0. The normalized spacial score (nSPS) is 14.6. The minimum Gasteiger partial charge on any atom is -0.344 e. The molecule has 1 aromatic carbocycles. The van der Waals surface area contributed by atoms with Crippen molar-refractivity contribution < 1.29 is 13.6 Å². The van der Waals surface area contributed by atoms with E-state index < -0.39 is 11.6 Å². The average Bonchev–Trinajstić information content (AvgIpc) is 2.58. The van der Waals surface area contributed by atoms with Crippen LogP contribution in [0.1, 0.15) is 16.8 Å². The van der Waals surface area contributed by atoms with Crippen molar-refractivity contribution >= 4 is 11.7 Å². The van der Waals surface area contributed by atoms with Crippen LogP contribution in [-0.2, 0) is 11.3 Å². The van der Waals surface area contributed by atoms with Gasteiger partial charge >= 0.3 is 0 Å². The molecule has 7 heteroatoms. The molecule has 0 radical (unpaired) electrons. The first-order valence-corrected chi connectivity index (χ1v) is 7.82. The molecule has 0 bridgehead atoms. The maximum Gasteiger partial charge on any atom is 0.242 e. The number of carbonyl (C=O) groups excluding carboxylic acids is 1. The topological polar surface area (TPSA) is 60.2 Å². The Bertz CT molecular complexity index is 863. The monoisotopic (exact) mass is 342 g/mol. The maximum absolute atomic E-state index is 13.8. The summed E-state index contributed by atoms with van der Waals surface area (Å²) in [4.78, 5) is 20.1. The maximum atomic E-state index is 13.8. The number of hydrogen-bond acceptors (Lipinski definition) is 4. The molecule has 0 aliphatic carbocycles. The quantitative estimate of drug-likeness (QED) is 0.859. The zero-order valence-electron chi connectivity index (χ0n) is 13.7. The number of amides is 1. The number of anilines is 1. The van der Waals surface area contributed by atoms with E-state index in [0.717, 1.165) is 11.8 Å². The number of benzene rings is 1. The molecule has 25 heavy (non-hydrogen) atoms. The lowest BCUT2D eigenvalue weighted by Gasteiger charge is -2.35. The highest BCUT2D eigenvalue weighted by Crippen LogP contribution is 2.21. The predicted octanol–water partition coefficient (Wildman–Crippen LogP) is 2.39. The average molecular weight is 342 g/mol. The first kappa shape index (κ1) is 16.8. The highest BCUT2D eigenvalue weighted by molar-refractivity contribution is 5.83.